The van der Waals surface area contributed by atoms with Crippen LogP contribution in [0, 0.1) is 6.92 Å². The molecule has 0 saturated carbocycles. The van der Waals surface area contributed by atoms with Crippen LogP contribution in [0.2, 0.25) is 0 Å². The van der Waals surface area contributed by atoms with Gasteiger partial charge in [-0.2, -0.15) is 8.78 Å². The molecule has 2 fully saturated rings. The maximum Gasteiger partial charge on any atom is 0.326 e. The first-order valence-electron chi connectivity index (χ1n) is 11.0. The van der Waals surface area contributed by atoms with Crippen molar-refractivity contribution in [3.05, 3.63) is 58.7 Å². The highest BCUT2D eigenvalue weighted by atomic mass is 19.3. The zero-order valence-electron chi connectivity index (χ0n) is 18.4. The van der Waals surface area contributed by atoms with E-state index in [9.17, 15) is 28.6 Å². The van der Waals surface area contributed by atoms with Gasteiger partial charge in [-0.25, -0.2) is 4.79 Å². The predicted molar refractivity (Wildman–Crippen MR) is 115 cm³/mol. The Kier molecular flexibility index (Phi) is 5.44. The van der Waals surface area contributed by atoms with Crippen molar-refractivity contribution in [2.45, 2.75) is 37.3 Å². The molecule has 2 aromatic carbocycles. The third-order valence-corrected chi connectivity index (χ3v) is 6.74. The Morgan fingerprint density at radius 1 is 1.21 bits per heavy atom. The Hall–Kier alpha value is -2.92. The fourth-order valence-corrected chi connectivity index (χ4v) is 5.08. The van der Waals surface area contributed by atoms with E-state index in [4.69, 9.17) is 9.47 Å². The minimum atomic E-state index is -3.13. The van der Waals surface area contributed by atoms with Crippen molar-refractivity contribution in [2.24, 2.45) is 0 Å². The summed E-state index contributed by atoms with van der Waals surface area (Å²) in [5.41, 5.74) is 1.59. The number of aliphatic carboxylic acids is 1. The van der Waals surface area contributed by atoms with E-state index in [1.54, 1.807) is 19.1 Å². The fourth-order valence-electron chi connectivity index (χ4n) is 5.08. The first kappa shape index (κ1) is 22.9. The van der Waals surface area contributed by atoms with Crippen LogP contribution in [0.15, 0.2) is 36.4 Å². The molecule has 0 radical (unpaired) electrons. The number of aryl methyl sites for hydroxylation is 1. The lowest BCUT2D eigenvalue weighted by Crippen LogP contribution is -2.45. The number of benzene rings is 2. The summed E-state index contributed by atoms with van der Waals surface area (Å²) in [6.45, 7) is 2.02. The minimum absolute atomic E-state index is 0.0222. The van der Waals surface area contributed by atoms with E-state index in [0.29, 0.717) is 35.5 Å². The number of ether oxygens (including phenoxy) is 2. The van der Waals surface area contributed by atoms with Gasteiger partial charge in [0.2, 0.25) is 5.91 Å². The molecule has 1 amide bonds. The molecule has 3 N–H and O–H groups in total. The number of aliphatic hydroxyl groups is 1. The number of carbonyl (C=O) groups excluding carboxylic acids is 1. The zero-order valence-corrected chi connectivity index (χ0v) is 18.4. The maximum atomic E-state index is 14.9. The molecule has 3 aliphatic rings. The van der Waals surface area contributed by atoms with Crippen LogP contribution in [0.3, 0.4) is 0 Å². The van der Waals surface area contributed by atoms with Crippen LogP contribution in [0.4, 0.5) is 8.78 Å². The number of likely N-dealkylation sites (tertiary alicyclic amines) is 1. The fraction of sp³-hybridized carbons (Fsp3) is 0.417. The third kappa shape index (κ3) is 3.58. The molecule has 2 atom stereocenters. The summed E-state index contributed by atoms with van der Waals surface area (Å²) in [6.07, 6.45) is -1.30. The lowest BCUT2D eigenvalue weighted by Gasteiger charge is -2.24. The Bertz CT molecular complexity index is 1160. The molecule has 0 bridgehead atoms. The third-order valence-electron chi connectivity index (χ3n) is 6.74. The topological polar surface area (TPSA) is 108 Å². The average molecular weight is 474 g/mol. The first-order valence-corrected chi connectivity index (χ1v) is 11.0. The average Bonchev–Trinajstić information content (AvgIpc) is 3.49. The largest absolute Gasteiger partial charge is 0.480 e. The highest BCUT2D eigenvalue weighted by molar-refractivity contribution is 5.86. The van der Waals surface area contributed by atoms with Crippen molar-refractivity contribution in [3.63, 3.8) is 0 Å². The highest BCUT2D eigenvalue weighted by Gasteiger charge is 2.52. The van der Waals surface area contributed by atoms with Crippen molar-refractivity contribution in [1.29, 1.82) is 0 Å². The summed E-state index contributed by atoms with van der Waals surface area (Å²) in [6, 6.07) is 7.81. The van der Waals surface area contributed by atoms with Crippen molar-refractivity contribution in [3.8, 4) is 11.1 Å². The molecule has 34 heavy (non-hydrogen) atoms. The molecule has 5 rings (SSSR count). The summed E-state index contributed by atoms with van der Waals surface area (Å²) in [5, 5.41) is 22.8. The standard InChI is InChI=1S/C24H24F2N2O6/c1-13-3-2-4-17-20(13)15-9-14(5-6-16(15)24(17,25)26)21(30)27-11-19(29)28-12-23(33-7-8-34-23)10-18(28)22(31)32/h2-6,9,18,21,27,30H,7-8,10-12H2,1H3,(H,31,32). The van der Waals surface area contributed by atoms with E-state index in [-0.39, 0.29) is 30.6 Å². The van der Waals surface area contributed by atoms with Crippen molar-refractivity contribution >= 4 is 11.9 Å². The van der Waals surface area contributed by atoms with E-state index >= 15 is 0 Å². The van der Waals surface area contributed by atoms with Gasteiger partial charge in [0.15, 0.2) is 5.79 Å². The molecule has 2 aliphatic heterocycles. The van der Waals surface area contributed by atoms with Gasteiger partial charge in [-0.05, 0) is 35.2 Å². The van der Waals surface area contributed by atoms with E-state index in [1.807, 2.05) is 0 Å². The molecule has 0 aromatic heterocycles. The van der Waals surface area contributed by atoms with Crippen LogP contribution in [-0.2, 0) is 25.0 Å². The second kappa shape index (κ2) is 8.09. The van der Waals surface area contributed by atoms with Gasteiger partial charge in [0.05, 0.1) is 26.3 Å². The maximum absolute atomic E-state index is 14.9. The molecular weight excluding hydrogens is 450 g/mol. The molecule has 8 nitrogen and oxygen atoms in total. The molecule has 2 unspecified atom stereocenters. The number of nitrogens with zero attached hydrogens (tertiary/aromatic N) is 1. The van der Waals surface area contributed by atoms with Crippen molar-refractivity contribution in [2.75, 3.05) is 26.3 Å². The number of alkyl halides is 2. The monoisotopic (exact) mass is 474 g/mol. The molecule has 2 aromatic rings. The number of carbonyl (C=O) groups is 2. The number of amides is 1. The van der Waals surface area contributed by atoms with Gasteiger partial charge in [-0.3, -0.25) is 10.1 Å². The number of nitrogens with one attached hydrogen (secondary N) is 1. The van der Waals surface area contributed by atoms with Gasteiger partial charge >= 0.3 is 5.97 Å². The molecule has 2 saturated heterocycles. The van der Waals surface area contributed by atoms with Gasteiger partial charge in [0, 0.05) is 17.5 Å². The van der Waals surface area contributed by atoms with Crippen LogP contribution >= 0.6 is 0 Å². The SMILES string of the molecule is Cc1cccc2c1-c1cc(C(O)NCC(=O)N3CC4(CC3C(=O)O)OCCO4)ccc1C2(F)F. The number of aliphatic hydroxyl groups excluding tert-OH is 1. The molecule has 1 spiro atoms. The van der Waals surface area contributed by atoms with Gasteiger partial charge < -0.3 is 24.6 Å². The van der Waals surface area contributed by atoms with E-state index < -0.39 is 35.9 Å². The Morgan fingerprint density at radius 3 is 2.65 bits per heavy atom. The van der Waals surface area contributed by atoms with E-state index in [2.05, 4.69) is 5.32 Å². The molecule has 2 heterocycles. The summed E-state index contributed by atoms with van der Waals surface area (Å²) in [7, 11) is 0. The van der Waals surface area contributed by atoms with Crippen LogP contribution in [0.5, 0.6) is 0 Å². The van der Waals surface area contributed by atoms with Crippen LogP contribution < -0.4 is 5.32 Å². The van der Waals surface area contributed by atoms with Crippen molar-refractivity contribution in [1.82, 2.24) is 10.2 Å². The van der Waals surface area contributed by atoms with Crippen LogP contribution in [-0.4, -0.2) is 65.1 Å². The number of carboxylic acids is 1. The number of hydrogen-bond acceptors (Lipinski definition) is 6. The Labute approximate surface area is 194 Å². The summed E-state index contributed by atoms with van der Waals surface area (Å²) >= 11 is 0. The summed E-state index contributed by atoms with van der Waals surface area (Å²) in [5.74, 6) is -5.96. The van der Waals surface area contributed by atoms with Crippen LogP contribution in [0.1, 0.15) is 34.9 Å². The summed E-state index contributed by atoms with van der Waals surface area (Å²) < 4.78 is 40.9. The number of fused-ring (bicyclic) bond motifs is 3. The number of halogens is 2. The number of rotatable bonds is 5. The van der Waals surface area contributed by atoms with Gasteiger partial charge in [0.25, 0.3) is 5.92 Å². The quantitative estimate of drug-likeness (QED) is 0.570. The normalized spacial score (nSPS) is 22.6. The lowest BCUT2D eigenvalue weighted by atomic mass is 9.98. The molecule has 180 valence electrons. The highest BCUT2D eigenvalue weighted by Crippen LogP contribution is 2.52. The molecule has 10 heteroatoms. The summed E-state index contributed by atoms with van der Waals surface area (Å²) in [4.78, 5) is 25.6. The van der Waals surface area contributed by atoms with Gasteiger partial charge in [-0.1, -0.05) is 30.3 Å². The van der Waals surface area contributed by atoms with E-state index in [0.717, 1.165) is 4.90 Å². The number of hydrogen-bond donors (Lipinski definition) is 3. The zero-order chi connectivity index (χ0) is 24.3. The Morgan fingerprint density at radius 2 is 1.94 bits per heavy atom. The molecular formula is C24H24F2N2O6. The van der Waals surface area contributed by atoms with Crippen LogP contribution in [0.25, 0.3) is 11.1 Å². The smallest absolute Gasteiger partial charge is 0.326 e. The second-order valence-electron chi connectivity index (χ2n) is 8.85. The second-order valence-corrected chi connectivity index (χ2v) is 8.85. The van der Waals surface area contributed by atoms with E-state index in [1.165, 1.54) is 24.3 Å². The van der Waals surface area contributed by atoms with Gasteiger partial charge in [-0.15, -0.1) is 0 Å². The Balaban J connectivity index is 1.32. The minimum Gasteiger partial charge on any atom is -0.480 e. The van der Waals surface area contributed by atoms with Gasteiger partial charge in [0.1, 0.15) is 12.3 Å². The predicted octanol–water partition coefficient (Wildman–Crippen LogP) is 2.12. The van der Waals surface area contributed by atoms with Crippen molar-refractivity contribution < 1.29 is 38.1 Å². The number of carboxylic acid groups (broad SMARTS) is 1. The lowest BCUT2D eigenvalue weighted by molar-refractivity contribution is -0.152. The molecule has 1 aliphatic carbocycles. The first-order chi connectivity index (χ1) is 16.1.